The Labute approximate surface area is 87.0 Å². The van der Waals surface area contributed by atoms with Crippen LogP contribution in [0, 0.1) is 0 Å². The van der Waals surface area contributed by atoms with E-state index in [1.807, 2.05) is 0 Å². The van der Waals surface area contributed by atoms with Gasteiger partial charge in [0.25, 0.3) is 0 Å². The highest BCUT2D eigenvalue weighted by Gasteiger charge is 2.06. The molecule has 0 aliphatic carbocycles. The molecule has 82 valence electrons. The summed E-state index contributed by atoms with van der Waals surface area (Å²) in [6, 6.07) is 5.65. The van der Waals surface area contributed by atoms with Crippen molar-refractivity contribution in [1.29, 1.82) is 0 Å². The van der Waals surface area contributed by atoms with E-state index in [-0.39, 0.29) is 18.8 Å². The minimum Gasteiger partial charge on any atom is -0.478 e. The molecule has 5 heteroatoms. The van der Waals surface area contributed by atoms with E-state index in [1.54, 1.807) is 12.1 Å². The van der Waals surface area contributed by atoms with Crippen molar-refractivity contribution in [3.05, 3.63) is 29.8 Å². The van der Waals surface area contributed by atoms with Gasteiger partial charge in [0.05, 0.1) is 24.8 Å². The van der Waals surface area contributed by atoms with Crippen LogP contribution in [0.25, 0.3) is 0 Å². The van der Waals surface area contributed by atoms with Gasteiger partial charge < -0.3 is 20.6 Å². The molecule has 0 saturated heterocycles. The first-order chi connectivity index (χ1) is 7.17. The molecule has 0 heterocycles. The van der Waals surface area contributed by atoms with Gasteiger partial charge in [0.15, 0.2) is 0 Å². The van der Waals surface area contributed by atoms with E-state index in [0.29, 0.717) is 5.69 Å². The van der Waals surface area contributed by atoms with Crippen LogP contribution in [0.4, 0.5) is 5.69 Å². The van der Waals surface area contributed by atoms with E-state index in [1.165, 1.54) is 12.1 Å². The number of carboxylic acids is 1. The molecule has 0 saturated carbocycles. The molecule has 0 aliphatic heterocycles. The van der Waals surface area contributed by atoms with Crippen molar-refractivity contribution in [2.75, 3.05) is 18.5 Å². The number of hydrogen-bond donors (Lipinski definition) is 4. The van der Waals surface area contributed by atoms with Crippen LogP contribution in [0.15, 0.2) is 24.3 Å². The second-order valence-corrected chi connectivity index (χ2v) is 3.09. The number of aromatic carboxylic acids is 1. The minimum absolute atomic E-state index is 0.183. The maximum Gasteiger partial charge on any atom is 0.335 e. The summed E-state index contributed by atoms with van der Waals surface area (Å²) in [4.78, 5) is 10.5. The first kappa shape index (κ1) is 11.5. The van der Waals surface area contributed by atoms with Crippen molar-refractivity contribution < 1.29 is 20.1 Å². The van der Waals surface area contributed by atoms with Crippen molar-refractivity contribution in [3.8, 4) is 0 Å². The van der Waals surface area contributed by atoms with Gasteiger partial charge in [-0.3, -0.25) is 0 Å². The second-order valence-electron chi connectivity index (χ2n) is 3.09. The van der Waals surface area contributed by atoms with E-state index >= 15 is 0 Å². The largest absolute Gasteiger partial charge is 0.478 e. The van der Waals surface area contributed by atoms with Crippen molar-refractivity contribution in [2.24, 2.45) is 0 Å². The van der Waals surface area contributed by atoms with Crippen LogP contribution >= 0.6 is 0 Å². The number of nitrogens with one attached hydrogen (secondary N) is 1. The number of aliphatic hydroxyl groups is 2. The van der Waals surface area contributed by atoms with Crippen molar-refractivity contribution in [3.63, 3.8) is 0 Å². The van der Waals surface area contributed by atoms with Gasteiger partial charge in [0.1, 0.15) is 0 Å². The Hall–Kier alpha value is -1.59. The average molecular weight is 211 g/mol. The zero-order valence-corrected chi connectivity index (χ0v) is 8.05. The lowest BCUT2D eigenvalue weighted by molar-refractivity contribution is 0.0697. The summed E-state index contributed by atoms with van der Waals surface area (Å²) in [5.41, 5.74) is 0.859. The Balaban J connectivity index is 2.67. The van der Waals surface area contributed by atoms with E-state index < -0.39 is 12.0 Å². The Morgan fingerprint density at radius 2 is 1.73 bits per heavy atom. The van der Waals surface area contributed by atoms with E-state index in [0.717, 1.165) is 0 Å². The standard InChI is InChI=1S/C10H13NO4/c12-5-9(6-13)11-8-3-1-7(2-4-8)10(14)15/h1-4,9,11-13H,5-6H2,(H,14,15). The van der Waals surface area contributed by atoms with Crippen LogP contribution < -0.4 is 5.32 Å². The average Bonchev–Trinajstić information content (AvgIpc) is 2.26. The molecule has 0 fully saturated rings. The van der Waals surface area contributed by atoms with E-state index in [2.05, 4.69) is 5.32 Å². The molecule has 1 aromatic rings. The number of hydrogen-bond acceptors (Lipinski definition) is 4. The molecule has 0 atom stereocenters. The highest BCUT2D eigenvalue weighted by atomic mass is 16.4. The predicted octanol–water partition coefficient (Wildman–Crippen LogP) is 0.150. The lowest BCUT2D eigenvalue weighted by Gasteiger charge is -2.14. The molecular formula is C10H13NO4. The van der Waals surface area contributed by atoms with Crippen LogP contribution in [-0.2, 0) is 0 Å². The van der Waals surface area contributed by atoms with Gasteiger partial charge in [0.2, 0.25) is 0 Å². The normalized spacial score (nSPS) is 10.3. The molecule has 5 nitrogen and oxygen atoms in total. The van der Waals surface area contributed by atoms with Gasteiger partial charge in [0, 0.05) is 5.69 Å². The summed E-state index contributed by atoms with van der Waals surface area (Å²) in [6.07, 6.45) is 0. The molecule has 0 amide bonds. The fraction of sp³-hybridized carbons (Fsp3) is 0.300. The number of benzene rings is 1. The lowest BCUT2D eigenvalue weighted by atomic mass is 10.2. The second kappa shape index (κ2) is 5.33. The summed E-state index contributed by atoms with van der Waals surface area (Å²) < 4.78 is 0. The Bertz CT molecular complexity index is 319. The maximum atomic E-state index is 10.5. The van der Waals surface area contributed by atoms with Crippen LogP contribution in [0.3, 0.4) is 0 Å². The first-order valence-corrected chi connectivity index (χ1v) is 4.49. The summed E-state index contributed by atoms with van der Waals surface area (Å²) in [6.45, 7) is -0.367. The molecular weight excluding hydrogens is 198 g/mol. The van der Waals surface area contributed by atoms with Crippen LogP contribution in [0.2, 0.25) is 0 Å². The van der Waals surface area contributed by atoms with E-state index in [4.69, 9.17) is 15.3 Å². The van der Waals surface area contributed by atoms with Crippen molar-refractivity contribution >= 4 is 11.7 Å². The number of carboxylic acid groups (broad SMARTS) is 1. The van der Waals surface area contributed by atoms with E-state index in [9.17, 15) is 4.79 Å². The summed E-state index contributed by atoms with van der Waals surface area (Å²) in [7, 11) is 0. The maximum absolute atomic E-state index is 10.5. The molecule has 0 aliphatic rings. The molecule has 1 aromatic carbocycles. The zero-order valence-electron chi connectivity index (χ0n) is 8.05. The molecule has 15 heavy (non-hydrogen) atoms. The monoisotopic (exact) mass is 211 g/mol. The smallest absolute Gasteiger partial charge is 0.335 e. The third kappa shape index (κ3) is 3.23. The summed E-state index contributed by atoms with van der Waals surface area (Å²) >= 11 is 0. The minimum atomic E-state index is -0.984. The molecule has 4 N–H and O–H groups in total. The van der Waals surface area contributed by atoms with Gasteiger partial charge in [-0.05, 0) is 24.3 Å². The Morgan fingerprint density at radius 3 is 2.13 bits per heavy atom. The van der Waals surface area contributed by atoms with Crippen molar-refractivity contribution in [2.45, 2.75) is 6.04 Å². The van der Waals surface area contributed by atoms with Crippen molar-refractivity contribution in [1.82, 2.24) is 0 Å². The fourth-order valence-electron chi connectivity index (χ4n) is 1.09. The number of aliphatic hydroxyl groups excluding tert-OH is 2. The Morgan fingerprint density at radius 1 is 1.20 bits per heavy atom. The highest BCUT2D eigenvalue weighted by Crippen LogP contribution is 2.10. The quantitative estimate of drug-likeness (QED) is 0.556. The zero-order chi connectivity index (χ0) is 11.3. The van der Waals surface area contributed by atoms with Crippen LogP contribution in [-0.4, -0.2) is 40.5 Å². The topological polar surface area (TPSA) is 89.8 Å². The molecule has 1 rings (SSSR count). The van der Waals surface area contributed by atoms with Gasteiger partial charge in [-0.15, -0.1) is 0 Å². The number of carbonyl (C=O) groups is 1. The predicted molar refractivity (Wildman–Crippen MR) is 55.0 cm³/mol. The van der Waals surface area contributed by atoms with Gasteiger partial charge >= 0.3 is 5.97 Å². The first-order valence-electron chi connectivity index (χ1n) is 4.49. The number of rotatable bonds is 5. The third-order valence-corrected chi connectivity index (χ3v) is 1.94. The SMILES string of the molecule is O=C(O)c1ccc(NC(CO)CO)cc1. The Kier molecular flexibility index (Phi) is 4.08. The van der Waals surface area contributed by atoms with Crippen LogP contribution in [0.1, 0.15) is 10.4 Å². The fourth-order valence-corrected chi connectivity index (χ4v) is 1.09. The molecule has 0 unspecified atom stereocenters. The van der Waals surface area contributed by atoms with Crippen LogP contribution in [0.5, 0.6) is 0 Å². The van der Waals surface area contributed by atoms with Gasteiger partial charge in [-0.2, -0.15) is 0 Å². The molecule has 0 radical (unpaired) electrons. The summed E-state index contributed by atoms with van der Waals surface area (Å²) in [5, 5.41) is 29.1. The summed E-state index contributed by atoms with van der Waals surface area (Å²) in [5.74, 6) is -0.984. The molecule has 0 bridgehead atoms. The lowest BCUT2D eigenvalue weighted by Crippen LogP contribution is -2.27. The number of anilines is 1. The molecule has 0 spiro atoms. The molecule has 0 aromatic heterocycles. The van der Waals surface area contributed by atoms with Gasteiger partial charge in [-0.25, -0.2) is 4.79 Å². The highest BCUT2D eigenvalue weighted by molar-refractivity contribution is 5.87. The van der Waals surface area contributed by atoms with Gasteiger partial charge in [-0.1, -0.05) is 0 Å². The third-order valence-electron chi connectivity index (χ3n) is 1.94.